The molecule has 0 fully saturated rings. The first-order valence-electron chi connectivity index (χ1n) is 5.99. The van der Waals surface area contributed by atoms with E-state index in [1.54, 1.807) is 26.0 Å². The van der Waals surface area contributed by atoms with E-state index in [-0.39, 0.29) is 5.69 Å². The van der Waals surface area contributed by atoms with Crippen LogP contribution < -0.4 is 5.43 Å². The highest BCUT2D eigenvalue weighted by Crippen LogP contribution is 2.16. The fourth-order valence-corrected chi connectivity index (χ4v) is 1.70. The van der Waals surface area contributed by atoms with E-state index in [0.717, 1.165) is 17.7 Å². The topological polar surface area (TPSA) is 24.4 Å². The molecule has 0 aliphatic carbocycles. The van der Waals surface area contributed by atoms with Gasteiger partial charge in [-0.05, 0) is 43.7 Å². The summed E-state index contributed by atoms with van der Waals surface area (Å²) in [4.78, 5) is 0. The monoisotopic (exact) mass is 278 g/mol. The van der Waals surface area contributed by atoms with Crippen molar-refractivity contribution in [3.63, 3.8) is 0 Å². The van der Waals surface area contributed by atoms with Crippen LogP contribution in [0.25, 0.3) is 0 Å². The second kappa shape index (κ2) is 5.77. The molecule has 5 heteroatoms. The zero-order chi connectivity index (χ0) is 14.7. The molecule has 0 unspecified atom stereocenters. The molecule has 0 radical (unpaired) electrons. The molecule has 104 valence electrons. The minimum absolute atomic E-state index is 0.0262. The second-order valence-electron chi connectivity index (χ2n) is 4.42. The van der Waals surface area contributed by atoms with Crippen molar-refractivity contribution in [1.82, 2.24) is 0 Å². The Labute approximate surface area is 114 Å². The highest BCUT2D eigenvalue weighted by atomic mass is 19.1. The van der Waals surface area contributed by atoms with Crippen LogP contribution in [0.2, 0.25) is 0 Å². The van der Waals surface area contributed by atoms with Crippen LogP contribution in [-0.2, 0) is 0 Å². The molecular weight excluding hydrogens is 265 g/mol. The Morgan fingerprint density at radius 3 is 2.40 bits per heavy atom. The number of anilines is 1. The van der Waals surface area contributed by atoms with Gasteiger partial charge in [0.1, 0.15) is 11.6 Å². The standard InChI is InChI=1S/C15H13F3N2/c1-9-3-5-12(13(17)7-9)10(2)19-20-15-6-4-11(16)8-14(15)18/h3-8,20H,1-2H3/b19-10+. The van der Waals surface area contributed by atoms with Gasteiger partial charge in [-0.3, -0.25) is 5.43 Å². The molecule has 20 heavy (non-hydrogen) atoms. The predicted octanol–water partition coefficient (Wildman–Crippen LogP) is 4.25. The first-order chi connectivity index (χ1) is 9.47. The van der Waals surface area contributed by atoms with E-state index >= 15 is 0 Å². The van der Waals surface area contributed by atoms with Gasteiger partial charge >= 0.3 is 0 Å². The molecule has 2 aromatic carbocycles. The highest BCUT2D eigenvalue weighted by Gasteiger charge is 2.07. The van der Waals surface area contributed by atoms with Gasteiger partial charge in [-0.25, -0.2) is 13.2 Å². The summed E-state index contributed by atoms with van der Waals surface area (Å²) in [5, 5.41) is 3.91. The molecule has 0 heterocycles. The number of benzene rings is 2. The molecule has 0 aliphatic rings. The van der Waals surface area contributed by atoms with E-state index < -0.39 is 17.5 Å². The van der Waals surface area contributed by atoms with Crippen molar-refractivity contribution >= 4 is 11.4 Å². The van der Waals surface area contributed by atoms with Crippen molar-refractivity contribution < 1.29 is 13.2 Å². The zero-order valence-corrected chi connectivity index (χ0v) is 11.0. The van der Waals surface area contributed by atoms with E-state index in [4.69, 9.17) is 0 Å². The van der Waals surface area contributed by atoms with Crippen LogP contribution in [0, 0.1) is 24.4 Å². The van der Waals surface area contributed by atoms with Gasteiger partial charge in [0.05, 0.1) is 11.4 Å². The summed E-state index contributed by atoms with van der Waals surface area (Å²) in [7, 11) is 0. The number of aryl methyl sites for hydroxylation is 1. The Kier molecular flexibility index (Phi) is 4.08. The molecule has 0 amide bonds. The van der Waals surface area contributed by atoms with Crippen LogP contribution in [0.1, 0.15) is 18.1 Å². The summed E-state index contributed by atoms with van der Waals surface area (Å²) >= 11 is 0. The smallest absolute Gasteiger partial charge is 0.151 e. The van der Waals surface area contributed by atoms with Gasteiger partial charge in [0, 0.05) is 11.6 Å². The lowest BCUT2D eigenvalue weighted by atomic mass is 10.1. The fraction of sp³-hybridized carbons (Fsp3) is 0.133. The Morgan fingerprint density at radius 2 is 1.75 bits per heavy atom. The fourth-order valence-electron chi connectivity index (χ4n) is 1.70. The van der Waals surface area contributed by atoms with Gasteiger partial charge in [-0.15, -0.1) is 0 Å². The molecule has 2 aromatic rings. The van der Waals surface area contributed by atoms with Crippen molar-refractivity contribution in [2.75, 3.05) is 5.43 Å². The minimum Gasteiger partial charge on any atom is -0.275 e. The molecule has 0 aromatic heterocycles. The third kappa shape index (κ3) is 3.17. The van der Waals surface area contributed by atoms with E-state index in [0.29, 0.717) is 11.3 Å². The molecule has 0 aliphatic heterocycles. The van der Waals surface area contributed by atoms with Crippen molar-refractivity contribution in [2.45, 2.75) is 13.8 Å². The molecule has 0 atom stereocenters. The summed E-state index contributed by atoms with van der Waals surface area (Å²) in [6, 6.07) is 7.85. The lowest BCUT2D eigenvalue weighted by molar-refractivity contribution is 0.585. The lowest BCUT2D eigenvalue weighted by Gasteiger charge is -2.06. The van der Waals surface area contributed by atoms with Crippen LogP contribution in [0.4, 0.5) is 18.9 Å². The number of hydrogen-bond donors (Lipinski definition) is 1. The number of halogens is 3. The molecule has 2 rings (SSSR count). The normalized spacial score (nSPS) is 11.6. The summed E-state index contributed by atoms with van der Waals surface area (Å²) in [5.41, 5.74) is 3.98. The average molecular weight is 278 g/mol. The zero-order valence-electron chi connectivity index (χ0n) is 11.0. The van der Waals surface area contributed by atoms with Crippen LogP contribution in [0.3, 0.4) is 0 Å². The number of nitrogens with one attached hydrogen (secondary N) is 1. The SMILES string of the molecule is C/C(=N\Nc1ccc(F)cc1F)c1ccc(C)cc1F. The van der Waals surface area contributed by atoms with Crippen molar-refractivity contribution in [3.8, 4) is 0 Å². The Morgan fingerprint density at radius 1 is 1.00 bits per heavy atom. The number of nitrogens with zero attached hydrogens (tertiary/aromatic N) is 1. The van der Waals surface area contributed by atoms with Gasteiger partial charge in [0.2, 0.25) is 0 Å². The van der Waals surface area contributed by atoms with Crippen LogP contribution >= 0.6 is 0 Å². The van der Waals surface area contributed by atoms with E-state index in [1.807, 2.05) is 0 Å². The Bertz CT molecular complexity index is 666. The second-order valence-corrected chi connectivity index (χ2v) is 4.42. The molecule has 0 spiro atoms. The van der Waals surface area contributed by atoms with Gasteiger partial charge < -0.3 is 0 Å². The van der Waals surface area contributed by atoms with Crippen LogP contribution in [0.5, 0.6) is 0 Å². The molecule has 2 nitrogen and oxygen atoms in total. The molecule has 1 N–H and O–H groups in total. The van der Waals surface area contributed by atoms with E-state index in [2.05, 4.69) is 10.5 Å². The van der Waals surface area contributed by atoms with Gasteiger partial charge in [-0.1, -0.05) is 6.07 Å². The summed E-state index contributed by atoms with van der Waals surface area (Å²) < 4.78 is 39.9. The Hall–Kier alpha value is -2.30. The van der Waals surface area contributed by atoms with Gasteiger partial charge in [-0.2, -0.15) is 5.10 Å². The Balaban J connectivity index is 2.22. The molecular formula is C15H13F3N2. The third-order valence-electron chi connectivity index (χ3n) is 2.79. The van der Waals surface area contributed by atoms with Crippen LogP contribution in [0.15, 0.2) is 41.5 Å². The summed E-state index contributed by atoms with van der Waals surface area (Å²) in [5.74, 6) is -1.82. The summed E-state index contributed by atoms with van der Waals surface area (Å²) in [6.45, 7) is 3.38. The van der Waals surface area contributed by atoms with Crippen LogP contribution in [-0.4, -0.2) is 5.71 Å². The molecule has 0 saturated carbocycles. The van der Waals surface area contributed by atoms with Gasteiger partial charge in [0.15, 0.2) is 5.82 Å². The average Bonchev–Trinajstić information content (AvgIpc) is 2.37. The quantitative estimate of drug-likeness (QED) is 0.658. The van der Waals surface area contributed by atoms with E-state index in [9.17, 15) is 13.2 Å². The lowest BCUT2D eigenvalue weighted by Crippen LogP contribution is -2.03. The molecule has 0 bridgehead atoms. The van der Waals surface area contributed by atoms with Crippen molar-refractivity contribution in [2.24, 2.45) is 5.10 Å². The van der Waals surface area contributed by atoms with Gasteiger partial charge in [0.25, 0.3) is 0 Å². The van der Waals surface area contributed by atoms with Crippen molar-refractivity contribution in [1.29, 1.82) is 0 Å². The number of hydrazone groups is 1. The largest absolute Gasteiger partial charge is 0.275 e. The van der Waals surface area contributed by atoms with Crippen molar-refractivity contribution in [3.05, 3.63) is 65.0 Å². The first-order valence-corrected chi connectivity index (χ1v) is 5.99. The number of rotatable bonds is 3. The highest BCUT2D eigenvalue weighted by molar-refractivity contribution is 5.99. The predicted molar refractivity (Wildman–Crippen MR) is 73.3 cm³/mol. The van der Waals surface area contributed by atoms with E-state index in [1.165, 1.54) is 12.1 Å². The third-order valence-corrected chi connectivity index (χ3v) is 2.79. The first kappa shape index (κ1) is 14.1. The summed E-state index contributed by atoms with van der Waals surface area (Å²) in [6.07, 6.45) is 0. The number of hydrogen-bond acceptors (Lipinski definition) is 2. The maximum Gasteiger partial charge on any atom is 0.151 e. The molecule has 0 saturated heterocycles. The maximum absolute atomic E-state index is 13.7. The minimum atomic E-state index is -0.758. The maximum atomic E-state index is 13.7.